The number of carbonyl (C=O) groups is 1. The summed E-state index contributed by atoms with van der Waals surface area (Å²) < 4.78 is 1.88. The molecule has 0 saturated heterocycles. The van der Waals surface area contributed by atoms with Gasteiger partial charge < -0.3 is 5.32 Å². The number of carbonyl (C=O) groups excluding carboxylic acids is 1. The van der Waals surface area contributed by atoms with Crippen LogP contribution in [0.5, 0.6) is 0 Å². The molecule has 0 spiro atoms. The molecule has 0 fully saturated rings. The van der Waals surface area contributed by atoms with E-state index < -0.39 is 0 Å². The Morgan fingerprint density at radius 2 is 1.83 bits per heavy atom. The minimum Gasteiger partial charge on any atom is -0.322 e. The van der Waals surface area contributed by atoms with Crippen LogP contribution in [0.1, 0.15) is 21.5 Å². The van der Waals surface area contributed by atoms with Crippen molar-refractivity contribution in [3.8, 4) is 11.1 Å². The zero-order valence-electron chi connectivity index (χ0n) is 16.0. The predicted octanol–water partition coefficient (Wildman–Crippen LogP) is 5.81. The first-order valence-electron chi connectivity index (χ1n) is 9.33. The molecule has 0 aliphatic carbocycles. The lowest BCUT2D eigenvalue weighted by atomic mass is 9.98. The van der Waals surface area contributed by atoms with Crippen LogP contribution in [0, 0.1) is 6.92 Å². The Balaban J connectivity index is 1.59. The molecule has 0 aliphatic rings. The van der Waals surface area contributed by atoms with Gasteiger partial charge in [-0.25, -0.2) is 0 Å². The van der Waals surface area contributed by atoms with Crippen molar-refractivity contribution in [2.24, 2.45) is 0 Å². The molecule has 3 aromatic carbocycles. The number of benzene rings is 3. The van der Waals surface area contributed by atoms with Crippen LogP contribution in [0.4, 0.5) is 5.69 Å². The zero-order chi connectivity index (χ0) is 20.2. The number of aromatic nitrogens is 2. The Labute approximate surface area is 174 Å². The van der Waals surface area contributed by atoms with Gasteiger partial charge in [0, 0.05) is 28.7 Å². The van der Waals surface area contributed by atoms with E-state index in [0.29, 0.717) is 22.8 Å². The first kappa shape index (κ1) is 19.0. The van der Waals surface area contributed by atoms with Crippen molar-refractivity contribution in [3.05, 3.63) is 107 Å². The highest BCUT2D eigenvalue weighted by Gasteiger charge is 2.14. The zero-order valence-corrected chi connectivity index (χ0v) is 16.7. The van der Waals surface area contributed by atoms with Crippen molar-refractivity contribution in [1.29, 1.82) is 0 Å². The van der Waals surface area contributed by atoms with Crippen molar-refractivity contribution in [3.63, 3.8) is 0 Å². The van der Waals surface area contributed by atoms with Crippen LogP contribution in [-0.4, -0.2) is 15.7 Å². The van der Waals surface area contributed by atoms with Crippen molar-refractivity contribution in [2.75, 3.05) is 5.32 Å². The van der Waals surface area contributed by atoms with Crippen LogP contribution in [0.25, 0.3) is 11.1 Å². The Bertz CT molecular complexity index is 1140. The van der Waals surface area contributed by atoms with Gasteiger partial charge in [0.05, 0.1) is 6.54 Å². The lowest BCUT2D eigenvalue weighted by Gasteiger charge is -2.13. The summed E-state index contributed by atoms with van der Waals surface area (Å²) in [6.07, 6.45) is 3.70. The summed E-state index contributed by atoms with van der Waals surface area (Å²) in [5, 5.41) is 7.81. The van der Waals surface area contributed by atoms with Gasteiger partial charge in [-0.15, -0.1) is 0 Å². The molecule has 0 unspecified atom stereocenters. The molecular weight excluding hydrogens is 382 g/mol. The Hall–Kier alpha value is -3.37. The SMILES string of the molecule is Cc1ccc(Cl)cc1NC(=O)c1ccccc1-c1ccc(Cn2cccn2)cc1. The van der Waals surface area contributed by atoms with Crippen molar-refractivity contribution < 1.29 is 4.79 Å². The number of rotatable bonds is 5. The van der Waals surface area contributed by atoms with Crippen LogP contribution in [0.15, 0.2) is 85.2 Å². The number of halogens is 1. The Kier molecular flexibility index (Phi) is 5.45. The highest BCUT2D eigenvalue weighted by molar-refractivity contribution is 6.31. The normalized spacial score (nSPS) is 10.7. The molecular formula is C24H20ClN3O. The topological polar surface area (TPSA) is 46.9 Å². The van der Waals surface area contributed by atoms with Gasteiger partial charge >= 0.3 is 0 Å². The van der Waals surface area contributed by atoms with E-state index in [4.69, 9.17) is 11.6 Å². The first-order valence-corrected chi connectivity index (χ1v) is 9.71. The summed E-state index contributed by atoms with van der Waals surface area (Å²) in [6, 6.07) is 23.2. The van der Waals surface area contributed by atoms with E-state index in [0.717, 1.165) is 22.3 Å². The van der Waals surface area contributed by atoms with E-state index in [9.17, 15) is 4.79 Å². The van der Waals surface area contributed by atoms with Gasteiger partial charge in [-0.1, -0.05) is 60.1 Å². The summed E-state index contributed by atoms with van der Waals surface area (Å²) in [5.74, 6) is -0.161. The van der Waals surface area contributed by atoms with E-state index >= 15 is 0 Å². The van der Waals surface area contributed by atoms with E-state index in [-0.39, 0.29) is 5.91 Å². The second-order valence-corrected chi connectivity index (χ2v) is 7.30. The molecule has 0 atom stereocenters. The largest absolute Gasteiger partial charge is 0.322 e. The fourth-order valence-corrected chi connectivity index (χ4v) is 3.39. The number of aryl methyl sites for hydroxylation is 1. The molecule has 1 amide bonds. The van der Waals surface area contributed by atoms with Crippen LogP contribution >= 0.6 is 11.6 Å². The summed E-state index contributed by atoms with van der Waals surface area (Å²) in [5.41, 5.74) is 5.31. The smallest absolute Gasteiger partial charge is 0.256 e. The number of anilines is 1. The van der Waals surface area contributed by atoms with Gasteiger partial charge in [0.15, 0.2) is 0 Å². The van der Waals surface area contributed by atoms with Gasteiger partial charge in [0.1, 0.15) is 0 Å². The van der Waals surface area contributed by atoms with E-state index in [1.54, 1.807) is 12.3 Å². The maximum atomic E-state index is 13.0. The number of hydrogen-bond donors (Lipinski definition) is 1. The Morgan fingerprint density at radius 1 is 1.03 bits per heavy atom. The maximum absolute atomic E-state index is 13.0. The molecule has 4 aromatic rings. The average molecular weight is 402 g/mol. The maximum Gasteiger partial charge on any atom is 0.256 e. The lowest BCUT2D eigenvalue weighted by molar-refractivity contribution is 0.102. The summed E-state index contributed by atoms with van der Waals surface area (Å²) in [6.45, 7) is 2.65. The number of amides is 1. The molecule has 0 aliphatic heterocycles. The molecule has 0 bridgehead atoms. The first-order chi connectivity index (χ1) is 14.1. The summed E-state index contributed by atoms with van der Waals surface area (Å²) in [7, 11) is 0. The lowest BCUT2D eigenvalue weighted by Crippen LogP contribution is -2.14. The van der Waals surface area contributed by atoms with Gasteiger partial charge in [0.25, 0.3) is 5.91 Å². The molecule has 5 heteroatoms. The molecule has 1 aromatic heterocycles. The third-order valence-electron chi connectivity index (χ3n) is 4.79. The highest BCUT2D eigenvalue weighted by Crippen LogP contribution is 2.26. The minimum atomic E-state index is -0.161. The third-order valence-corrected chi connectivity index (χ3v) is 5.02. The molecule has 1 heterocycles. The number of hydrogen-bond acceptors (Lipinski definition) is 2. The second kappa shape index (κ2) is 8.33. The average Bonchev–Trinajstić information content (AvgIpc) is 3.24. The summed E-state index contributed by atoms with van der Waals surface area (Å²) >= 11 is 6.08. The molecule has 29 heavy (non-hydrogen) atoms. The van der Waals surface area contributed by atoms with Crippen LogP contribution in [-0.2, 0) is 6.54 Å². The van der Waals surface area contributed by atoms with Crippen LogP contribution in [0.2, 0.25) is 5.02 Å². The Morgan fingerprint density at radius 3 is 2.59 bits per heavy atom. The molecule has 4 rings (SSSR count). The van der Waals surface area contributed by atoms with Gasteiger partial charge in [-0.3, -0.25) is 9.48 Å². The van der Waals surface area contributed by atoms with Gasteiger partial charge in [-0.2, -0.15) is 5.10 Å². The number of nitrogens with zero attached hydrogens (tertiary/aromatic N) is 2. The fourth-order valence-electron chi connectivity index (χ4n) is 3.22. The van der Waals surface area contributed by atoms with Crippen molar-refractivity contribution in [2.45, 2.75) is 13.5 Å². The predicted molar refractivity (Wildman–Crippen MR) is 117 cm³/mol. The van der Waals surface area contributed by atoms with E-state index in [2.05, 4.69) is 22.5 Å². The highest BCUT2D eigenvalue weighted by atomic mass is 35.5. The number of nitrogens with one attached hydrogen (secondary N) is 1. The molecule has 0 saturated carbocycles. The van der Waals surface area contributed by atoms with Crippen molar-refractivity contribution in [1.82, 2.24) is 9.78 Å². The molecule has 4 nitrogen and oxygen atoms in total. The monoisotopic (exact) mass is 401 g/mol. The van der Waals surface area contributed by atoms with E-state index in [1.165, 1.54) is 0 Å². The third kappa shape index (κ3) is 4.39. The van der Waals surface area contributed by atoms with E-state index in [1.807, 2.05) is 72.4 Å². The van der Waals surface area contributed by atoms with Crippen LogP contribution < -0.4 is 5.32 Å². The molecule has 1 N–H and O–H groups in total. The van der Waals surface area contributed by atoms with Crippen molar-refractivity contribution >= 4 is 23.2 Å². The summed E-state index contributed by atoms with van der Waals surface area (Å²) in [4.78, 5) is 13.0. The molecule has 144 valence electrons. The standard InChI is InChI=1S/C24H20ClN3O/c1-17-7-12-20(25)15-23(17)27-24(29)22-6-3-2-5-21(22)19-10-8-18(9-11-19)16-28-14-4-13-26-28/h2-15H,16H2,1H3,(H,27,29). The molecule has 0 radical (unpaired) electrons. The second-order valence-electron chi connectivity index (χ2n) is 6.86. The van der Waals surface area contributed by atoms with Crippen LogP contribution in [0.3, 0.4) is 0 Å². The quantitative estimate of drug-likeness (QED) is 0.458. The fraction of sp³-hybridized carbons (Fsp3) is 0.0833. The van der Waals surface area contributed by atoms with Gasteiger partial charge in [-0.05, 0) is 53.4 Å². The van der Waals surface area contributed by atoms with Gasteiger partial charge in [0.2, 0.25) is 0 Å². The minimum absolute atomic E-state index is 0.161.